The normalized spacial score (nSPS) is 10.7. The predicted octanol–water partition coefficient (Wildman–Crippen LogP) is 2.46. The Labute approximate surface area is 107 Å². The summed E-state index contributed by atoms with van der Waals surface area (Å²) in [5.74, 6) is 1.61. The molecule has 0 aromatic heterocycles. The van der Waals surface area contributed by atoms with Crippen LogP contribution in [0.5, 0.6) is 0 Å². The van der Waals surface area contributed by atoms with Gasteiger partial charge >= 0.3 is 5.97 Å². The molecule has 0 fully saturated rings. The van der Waals surface area contributed by atoms with Crippen molar-refractivity contribution in [1.82, 2.24) is 0 Å². The first-order valence-electron chi connectivity index (χ1n) is 5.80. The molecule has 1 aromatic rings. The van der Waals surface area contributed by atoms with Crippen molar-refractivity contribution in [3.8, 4) is 0 Å². The molecule has 18 heavy (non-hydrogen) atoms. The van der Waals surface area contributed by atoms with E-state index in [4.69, 9.17) is 4.74 Å². The monoisotopic (exact) mass is 246 g/mol. The Morgan fingerprint density at radius 3 is 2.28 bits per heavy atom. The zero-order valence-corrected chi connectivity index (χ0v) is 11.2. The molecule has 3 nitrogen and oxygen atoms in total. The number of hydrogen-bond acceptors (Lipinski definition) is 3. The number of esters is 1. The zero-order valence-electron chi connectivity index (χ0n) is 11.2. The maximum Gasteiger partial charge on any atom is 0.315 e. The lowest BCUT2D eigenvalue weighted by Gasteiger charge is -2.22. The van der Waals surface area contributed by atoms with Crippen molar-refractivity contribution in [2.45, 2.75) is 32.6 Å². The van der Waals surface area contributed by atoms with Crippen molar-refractivity contribution < 1.29 is 14.3 Å². The Hall–Kier alpha value is -1.86. The second kappa shape index (κ2) is 5.65. The molecule has 0 aliphatic rings. The van der Waals surface area contributed by atoms with Gasteiger partial charge in [0.05, 0.1) is 12.5 Å². The minimum atomic E-state index is -0.664. The Morgan fingerprint density at radius 1 is 1.28 bits per heavy atom. The van der Waals surface area contributed by atoms with Crippen LogP contribution >= 0.6 is 0 Å². The van der Waals surface area contributed by atoms with Crippen LogP contribution in [0.25, 0.3) is 0 Å². The molecular formula is C15H18O3. The van der Waals surface area contributed by atoms with Crippen molar-refractivity contribution >= 4 is 11.9 Å². The van der Waals surface area contributed by atoms with E-state index >= 15 is 0 Å². The third kappa shape index (κ3) is 3.08. The number of allylic oxidation sites excluding steroid dienone is 1. The summed E-state index contributed by atoms with van der Waals surface area (Å²) in [6.45, 7) is 5.40. The van der Waals surface area contributed by atoms with Crippen LogP contribution in [0.2, 0.25) is 0 Å². The highest BCUT2D eigenvalue weighted by atomic mass is 16.5. The van der Waals surface area contributed by atoms with E-state index in [0.29, 0.717) is 12.0 Å². The quantitative estimate of drug-likeness (QED) is 0.605. The van der Waals surface area contributed by atoms with Crippen molar-refractivity contribution in [1.29, 1.82) is 0 Å². The third-order valence-corrected chi connectivity index (χ3v) is 3.01. The van der Waals surface area contributed by atoms with Crippen LogP contribution in [0.1, 0.15) is 31.9 Å². The van der Waals surface area contributed by atoms with Gasteiger partial charge in [0, 0.05) is 12.0 Å². The molecule has 1 aromatic carbocycles. The average molecular weight is 246 g/mol. The Bertz CT molecular complexity index is 477. The molecule has 0 N–H and O–H groups in total. The minimum absolute atomic E-state index is 0.265. The molecule has 96 valence electrons. The fourth-order valence-corrected chi connectivity index (χ4v) is 1.75. The molecule has 0 aliphatic heterocycles. The maximum absolute atomic E-state index is 11.7. The average Bonchev–Trinajstić information content (AvgIpc) is 2.38. The van der Waals surface area contributed by atoms with Crippen LogP contribution in [0, 0.1) is 0 Å². The Kier molecular flexibility index (Phi) is 4.46. The summed E-state index contributed by atoms with van der Waals surface area (Å²) in [4.78, 5) is 22.1. The summed E-state index contributed by atoms with van der Waals surface area (Å²) < 4.78 is 4.79. The van der Waals surface area contributed by atoms with Gasteiger partial charge in [0.15, 0.2) is 0 Å². The smallest absolute Gasteiger partial charge is 0.315 e. The standard InChI is InChI=1S/C15H18O3/c1-11(10-16)9-12-5-7-13(8-6-12)15(2,3)14(17)18-4/h5-8H,9H2,1-4H3. The summed E-state index contributed by atoms with van der Waals surface area (Å²) in [7, 11) is 1.39. The van der Waals surface area contributed by atoms with Gasteiger partial charge in [-0.1, -0.05) is 24.3 Å². The second-order valence-corrected chi connectivity index (χ2v) is 4.87. The van der Waals surface area contributed by atoms with E-state index in [1.165, 1.54) is 7.11 Å². The molecule has 0 atom stereocenters. The lowest BCUT2D eigenvalue weighted by Crippen LogP contribution is -2.30. The molecule has 0 saturated heterocycles. The van der Waals surface area contributed by atoms with Crippen LogP contribution in [0.15, 0.2) is 29.8 Å². The molecule has 1 rings (SSSR count). The molecule has 0 heterocycles. The molecule has 0 radical (unpaired) electrons. The summed E-state index contributed by atoms with van der Waals surface area (Å²) in [5.41, 5.74) is 1.92. The molecule has 0 saturated carbocycles. The predicted molar refractivity (Wildman–Crippen MR) is 70.1 cm³/mol. The number of hydrogen-bond donors (Lipinski definition) is 0. The van der Waals surface area contributed by atoms with Crippen LogP contribution in [0.4, 0.5) is 0 Å². The number of carbonyl (C=O) groups excluding carboxylic acids is 2. The van der Waals surface area contributed by atoms with Gasteiger partial charge in [0.2, 0.25) is 0 Å². The van der Waals surface area contributed by atoms with E-state index in [0.717, 1.165) is 11.1 Å². The molecule has 0 unspecified atom stereocenters. The lowest BCUT2D eigenvalue weighted by atomic mass is 9.84. The zero-order chi connectivity index (χ0) is 13.8. The summed E-state index contributed by atoms with van der Waals surface area (Å²) in [5, 5.41) is 0. The van der Waals surface area contributed by atoms with Gasteiger partial charge in [0.25, 0.3) is 0 Å². The second-order valence-electron chi connectivity index (χ2n) is 4.87. The van der Waals surface area contributed by atoms with Gasteiger partial charge in [-0.05, 0) is 31.9 Å². The number of benzene rings is 1. The first-order valence-corrected chi connectivity index (χ1v) is 5.80. The summed E-state index contributed by atoms with van der Waals surface area (Å²) >= 11 is 0. The molecule has 0 amide bonds. The van der Waals surface area contributed by atoms with Gasteiger partial charge in [-0.25, -0.2) is 4.79 Å². The highest BCUT2D eigenvalue weighted by molar-refractivity contribution is 5.82. The Balaban J connectivity index is 2.95. The first kappa shape index (κ1) is 14.2. The Morgan fingerprint density at radius 2 is 1.83 bits per heavy atom. The number of ether oxygens (including phenoxy) is 1. The van der Waals surface area contributed by atoms with Crippen molar-refractivity contribution in [3.05, 3.63) is 41.0 Å². The van der Waals surface area contributed by atoms with Gasteiger partial charge in [-0.15, -0.1) is 0 Å². The maximum atomic E-state index is 11.7. The molecule has 0 spiro atoms. The third-order valence-electron chi connectivity index (χ3n) is 3.01. The fraction of sp³-hybridized carbons (Fsp3) is 0.400. The minimum Gasteiger partial charge on any atom is -0.468 e. The van der Waals surface area contributed by atoms with Gasteiger partial charge < -0.3 is 4.74 Å². The first-order chi connectivity index (χ1) is 8.41. The summed E-state index contributed by atoms with van der Waals surface area (Å²) in [6, 6.07) is 7.62. The molecule has 0 bridgehead atoms. The van der Waals surface area contributed by atoms with Crippen LogP contribution in [-0.2, 0) is 26.2 Å². The number of carbonyl (C=O) groups is 1. The van der Waals surface area contributed by atoms with E-state index in [9.17, 15) is 9.59 Å². The highest BCUT2D eigenvalue weighted by Gasteiger charge is 2.30. The van der Waals surface area contributed by atoms with E-state index in [1.54, 1.807) is 6.92 Å². The van der Waals surface area contributed by atoms with Crippen LogP contribution < -0.4 is 0 Å². The number of rotatable bonds is 4. The van der Waals surface area contributed by atoms with Crippen LogP contribution in [0.3, 0.4) is 0 Å². The van der Waals surface area contributed by atoms with Gasteiger partial charge in [-0.3, -0.25) is 4.79 Å². The van der Waals surface area contributed by atoms with E-state index < -0.39 is 5.41 Å². The van der Waals surface area contributed by atoms with Crippen molar-refractivity contribution in [3.63, 3.8) is 0 Å². The highest BCUT2D eigenvalue weighted by Crippen LogP contribution is 2.25. The lowest BCUT2D eigenvalue weighted by molar-refractivity contribution is -0.146. The SMILES string of the molecule is COC(=O)C(C)(C)c1ccc(CC(C)=C=O)cc1. The topological polar surface area (TPSA) is 43.4 Å². The number of methoxy groups -OCH3 is 1. The largest absolute Gasteiger partial charge is 0.468 e. The molecule has 3 heteroatoms. The van der Waals surface area contributed by atoms with Gasteiger partial charge in [-0.2, -0.15) is 0 Å². The van der Waals surface area contributed by atoms with Gasteiger partial charge in [0.1, 0.15) is 5.94 Å². The van der Waals surface area contributed by atoms with Crippen LogP contribution in [-0.4, -0.2) is 19.0 Å². The fourth-order valence-electron chi connectivity index (χ4n) is 1.75. The summed E-state index contributed by atoms with van der Waals surface area (Å²) in [6.07, 6.45) is 0.586. The van der Waals surface area contributed by atoms with Crippen molar-refractivity contribution in [2.24, 2.45) is 0 Å². The van der Waals surface area contributed by atoms with Crippen molar-refractivity contribution in [2.75, 3.05) is 7.11 Å². The van der Waals surface area contributed by atoms with E-state index in [1.807, 2.05) is 44.1 Å². The van der Waals surface area contributed by atoms with E-state index in [-0.39, 0.29) is 5.97 Å². The molecule has 0 aliphatic carbocycles. The van der Waals surface area contributed by atoms with E-state index in [2.05, 4.69) is 0 Å². The molecular weight excluding hydrogens is 228 g/mol.